The van der Waals surface area contributed by atoms with Crippen molar-refractivity contribution in [2.24, 2.45) is 22.1 Å². The molecule has 166 valence electrons. The van der Waals surface area contributed by atoms with Crippen LogP contribution in [0.4, 0.5) is 10.1 Å². The lowest BCUT2D eigenvalue weighted by Gasteiger charge is -2.45. The summed E-state index contributed by atoms with van der Waals surface area (Å²) >= 11 is 0. The molecule has 1 fully saturated rings. The summed E-state index contributed by atoms with van der Waals surface area (Å²) in [4.78, 5) is 4.57. The molecule has 3 rings (SSSR count). The van der Waals surface area contributed by atoms with Gasteiger partial charge in [-0.15, -0.1) is 0 Å². The van der Waals surface area contributed by atoms with Gasteiger partial charge < -0.3 is 4.90 Å². The fraction of sp³-hybridized carbons (Fsp3) is 0.500. The zero-order chi connectivity index (χ0) is 22.5. The van der Waals surface area contributed by atoms with Gasteiger partial charge in [-0.1, -0.05) is 13.8 Å². The largest absolute Gasteiger partial charge is 0.368 e. The molecule has 1 aromatic heterocycles. The Bertz CT molecular complexity index is 919. The van der Waals surface area contributed by atoms with Gasteiger partial charge >= 0.3 is 5.84 Å². The number of amidine groups is 1. The number of rotatable bonds is 6. The van der Waals surface area contributed by atoms with Crippen LogP contribution in [0.5, 0.6) is 0 Å². The number of benzene rings is 1. The van der Waals surface area contributed by atoms with Crippen LogP contribution in [0.15, 0.2) is 40.8 Å². The van der Waals surface area contributed by atoms with E-state index in [0.29, 0.717) is 12.5 Å². The van der Waals surface area contributed by atoms with E-state index in [0.717, 1.165) is 36.5 Å². The van der Waals surface area contributed by atoms with Crippen LogP contribution in [-0.2, 0) is 13.0 Å². The van der Waals surface area contributed by atoms with Crippen LogP contribution in [0.2, 0.25) is 0 Å². The summed E-state index contributed by atoms with van der Waals surface area (Å²) in [6, 6.07) is 7.87. The van der Waals surface area contributed by atoms with Gasteiger partial charge in [-0.25, -0.2) is 4.39 Å². The maximum absolute atomic E-state index is 15.2. The third kappa shape index (κ3) is 5.41. The number of nitrogens with zero attached hydrogens (tertiary/aromatic N) is 6. The predicted molar refractivity (Wildman–Crippen MR) is 119 cm³/mol. The van der Waals surface area contributed by atoms with Crippen LogP contribution < -0.4 is 16.2 Å². The zero-order valence-electron chi connectivity index (χ0n) is 18.7. The standard InChI is InChI=1S/C22H31FN8/c1-14(2)8-17-9-19(23)21(22(24)28-29-25)20(10-17)30-11-15(3)31(16(4)12-30)13-18-6-5-7-26-27-18/h5-7,9-10,14-16H,8,11-13H2,1-4H3,(H3,24,25,28)/p+1. The first-order chi connectivity index (χ1) is 14.8. The molecule has 0 spiro atoms. The minimum Gasteiger partial charge on any atom is -0.368 e. The summed E-state index contributed by atoms with van der Waals surface area (Å²) in [5, 5.41) is 21.2. The third-order valence-corrected chi connectivity index (χ3v) is 5.61. The van der Waals surface area contributed by atoms with Gasteiger partial charge in [0.25, 0.3) is 0 Å². The van der Waals surface area contributed by atoms with Crippen molar-refractivity contribution in [2.75, 3.05) is 18.0 Å². The van der Waals surface area contributed by atoms with E-state index in [4.69, 9.17) is 11.3 Å². The SMILES string of the molecule is CC(C)Cc1cc(F)c(C(=[NH2+])N=NN)c(N2CC(C)N(Cc3cccnn3)C(C)C2)c1. The monoisotopic (exact) mass is 427 g/mol. The minimum absolute atomic E-state index is 0.0200. The summed E-state index contributed by atoms with van der Waals surface area (Å²) < 4.78 is 15.2. The second-order valence-electron chi connectivity index (χ2n) is 8.66. The Morgan fingerprint density at radius 3 is 2.58 bits per heavy atom. The topological polar surface area (TPSA) is 109 Å². The Hall–Kier alpha value is -2.94. The molecule has 0 radical (unpaired) electrons. The van der Waals surface area contributed by atoms with Gasteiger partial charge in [-0.2, -0.15) is 10.2 Å². The highest BCUT2D eigenvalue weighted by Crippen LogP contribution is 2.31. The Labute approximate surface area is 182 Å². The fourth-order valence-corrected chi connectivity index (χ4v) is 4.32. The van der Waals surface area contributed by atoms with E-state index in [1.165, 1.54) is 6.07 Å². The van der Waals surface area contributed by atoms with Crippen LogP contribution in [0.3, 0.4) is 0 Å². The number of piperazine rings is 1. The van der Waals surface area contributed by atoms with Gasteiger partial charge in [-0.3, -0.25) is 16.2 Å². The maximum Gasteiger partial charge on any atom is 0.356 e. The van der Waals surface area contributed by atoms with E-state index in [2.05, 4.69) is 58.0 Å². The fourth-order valence-electron chi connectivity index (χ4n) is 4.32. The van der Waals surface area contributed by atoms with Gasteiger partial charge in [0.05, 0.1) is 16.5 Å². The molecule has 1 aliphatic heterocycles. The molecule has 0 bridgehead atoms. The smallest absolute Gasteiger partial charge is 0.356 e. The Morgan fingerprint density at radius 1 is 1.29 bits per heavy atom. The number of halogens is 1. The van der Waals surface area contributed by atoms with Crippen LogP contribution in [0.1, 0.15) is 44.5 Å². The highest BCUT2D eigenvalue weighted by molar-refractivity contribution is 6.00. The molecule has 0 aliphatic carbocycles. The lowest BCUT2D eigenvalue weighted by atomic mass is 9.97. The van der Waals surface area contributed by atoms with Gasteiger partial charge in [-0.05, 0) is 56.0 Å². The molecule has 0 amide bonds. The van der Waals surface area contributed by atoms with Crippen LogP contribution >= 0.6 is 0 Å². The van der Waals surface area contributed by atoms with Gasteiger partial charge in [0.15, 0.2) is 0 Å². The first-order valence-electron chi connectivity index (χ1n) is 10.6. The van der Waals surface area contributed by atoms with Crippen LogP contribution in [0.25, 0.3) is 0 Å². The molecule has 2 aromatic rings. The highest BCUT2D eigenvalue weighted by atomic mass is 19.1. The van der Waals surface area contributed by atoms with Gasteiger partial charge in [0, 0.05) is 43.1 Å². The molecule has 8 nitrogen and oxygen atoms in total. The molecule has 2 unspecified atom stereocenters. The Kier molecular flexibility index (Phi) is 7.27. The number of hydrogen-bond acceptors (Lipinski definition) is 5. The van der Waals surface area contributed by atoms with E-state index < -0.39 is 5.82 Å². The van der Waals surface area contributed by atoms with Crippen LogP contribution in [-0.4, -0.2) is 46.1 Å². The summed E-state index contributed by atoms with van der Waals surface area (Å²) in [5.74, 6) is 5.17. The quantitative estimate of drug-likeness (QED) is 0.240. The molecule has 1 aromatic carbocycles. The molecule has 9 heteroatoms. The van der Waals surface area contributed by atoms with Crippen molar-refractivity contribution in [3.8, 4) is 0 Å². The van der Waals surface area contributed by atoms with E-state index in [1.807, 2.05) is 18.2 Å². The number of anilines is 1. The van der Waals surface area contributed by atoms with Crippen molar-refractivity contribution < 1.29 is 9.80 Å². The third-order valence-electron chi connectivity index (χ3n) is 5.61. The highest BCUT2D eigenvalue weighted by Gasteiger charge is 2.33. The molecule has 1 aliphatic rings. The maximum atomic E-state index is 15.2. The summed E-state index contributed by atoms with van der Waals surface area (Å²) in [6.07, 6.45) is 2.45. The van der Waals surface area contributed by atoms with Crippen LogP contribution in [0, 0.1) is 11.7 Å². The van der Waals surface area contributed by atoms with Crippen molar-refractivity contribution in [3.63, 3.8) is 0 Å². The normalized spacial score (nSPS) is 20.0. The molecule has 31 heavy (non-hydrogen) atoms. The number of aromatic nitrogens is 2. The van der Waals surface area contributed by atoms with Crippen molar-refractivity contribution >= 4 is 11.5 Å². The molecule has 0 saturated carbocycles. The van der Waals surface area contributed by atoms with Crippen molar-refractivity contribution in [1.29, 1.82) is 0 Å². The van der Waals surface area contributed by atoms with Crippen molar-refractivity contribution in [3.05, 3.63) is 53.1 Å². The molecular formula is C22H32FN8+. The van der Waals surface area contributed by atoms with Gasteiger partial charge in [0.2, 0.25) is 0 Å². The lowest BCUT2D eigenvalue weighted by Crippen LogP contribution is -2.57. The molecule has 2 atom stereocenters. The average Bonchev–Trinajstić information content (AvgIpc) is 2.70. The lowest BCUT2D eigenvalue weighted by molar-refractivity contribution is -0.114. The average molecular weight is 428 g/mol. The first kappa shape index (κ1) is 22.7. The van der Waals surface area contributed by atoms with E-state index in [9.17, 15) is 0 Å². The molecule has 4 N–H and O–H groups in total. The van der Waals surface area contributed by atoms with Gasteiger partial charge in [0.1, 0.15) is 11.4 Å². The Morgan fingerprint density at radius 2 is 2.00 bits per heavy atom. The molecule has 1 saturated heterocycles. The number of hydrogen-bond donors (Lipinski definition) is 2. The zero-order valence-corrected chi connectivity index (χ0v) is 18.7. The van der Waals surface area contributed by atoms with E-state index in [-0.39, 0.29) is 23.5 Å². The van der Waals surface area contributed by atoms with Crippen molar-refractivity contribution in [2.45, 2.75) is 52.7 Å². The predicted octanol–water partition coefficient (Wildman–Crippen LogP) is 1.75. The number of nitrogens with two attached hydrogens (primary N) is 2. The minimum atomic E-state index is -0.402. The molecule has 2 heterocycles. The van der Waals surface area contributed by atoms with E-state index >= 15 is 4.39 Å². The molecular weight excluding hydrogens is 395 g/mol. The second-order valence-corrected chi connectivity index (χ2v) is 8.66. The van der Waals surface area contributed by atoms with E-state index in [1.54, 1.807) is 6.20 Å². The first-order valence-corrected chi connectivity index (χ1v) is 10.6. The summed E-state index contributed by atoms with van der Waals surface area (Å²) in [6.45, 7) is 10.7. The summed E-state index contributed by atoms with van der Waals surface area (Å²) in [7, 11) is 0. The Balaban J connectivity index is 1.92. The summed E-state index contributed by atoms with van der Waals surface area (Å²) in [5.41, 5.74) is 2.86. The van der Waals surface area contributed by atoms with Crippen molar-refractivity contribution in [1.82, 2.24) is 15.1 Å². The second kappa shape index (κ2) is 9.91.